The fourth-order valence-corrected chi connectivity index (χ4v) is 22.2. The number of phenolic OH excluding ortho intramolecular Hbond substituents is 1. The van der Waals surface area contributed by atoms with Gasteiger partial charge in [0.05, 0.1) is 29.0 Å². The van der Waals surface area contributed by atoms with E-state index in [-0.39, 0.29) is 41.5 Å². The number of rotatable bonds is 58. The molecule has 0 spiro atoms. The van der Waals surface area contributed by atoms with Crippen molar-refractivity contribution < 1.29 is 84.7 Å². The van der Waals surface area contributed by atoms with Gasteiger partial charge in [0, 0.05) is 112 Å². The van der Waals surface area contributed by atoms with Gasteiger partial charge >= 0.3 is 20.3 Å². The van der Waals surface area contributed by atoms with Crippen LogP contribution in [-0.4, -0.2) is 114 Å². The Morgan fingerprint density at radius 1 is 0.443 bits per heavy atom. The van der Waals surface area contributed by atoms with Crippen molar-refractivity contribution in [2.24, 2.45) is 0 Å². The highest BCUT2D eigenvalue weighted by atomic mass is 35.9. The monoisotopic (exact) mass is 2060 g/mol. The van der Waals surface area contributed by atoms with Gasteiger partial charge in [0.15, 0.2) is 34.2 Å². The van der Waals surface area contributed by atoms with Crippen molar-refractivity contribution in [2.75, 3.05) is 59.6 Å². The van der Waals surface area contributed by atoms with Crippen molar-refractivity contribution >= 4 is 88.1 Å². The summed E-state index contributed by atoms with van der Waals surface area (Å²) in [7, 11) is -4.10. The summed E-state index contributed by atoms with van der Waals surface area (Å²) in [5.41, 5.74) is 9.38. The Kier molecular flexibility index (Phi) is 49.3. The molecule has 0 fully saturated rings. The number of ketones is 3. The number of aromatic nitrogens is 2. The number of hydrogen-bond donors (Lipinski definition) is 1. The molecule has 21 nitrogen and oxygen atoms in total. The Hall–Kier alpha value is -6.08. The van der Waals surface area contributed by atoms with Gasteiger partial charge in [-0.3, -0.25) is 32.8 Å². The van der Waals surface area contributed by atoms with Gasteiger partial charge in [0.25, 0.3) is 5.56 Å². The minimum atomic E-state index is -4.10. The maximum Gasteiger partial charge on any atom is 0.377 e. The Bertz CT molecular complexity index is 5270. The number of halogens is 3. The Morgan fingerprint density at radius 2 is 0.786 bits per heavy atom. The molecule has 0 saturated carbocycles. The van der Waals surface area contributed by atoms with Gasteiger partial charge in [-0.15, -0.1) is 0 Å². The van der Waals surface area contributed by atoms with Crippen molar-refractivity contribution in [3.8, 4) is 45.9 Å². The molecule has 4 aromatic carbocycles. The molecular formula is C113H172Cl3N2O19P3. The van der Waals surface area contributed by atoms with Gasteiger partial charge < -0.3 is 51.9 Å². The first-order chi connectivity index (χ1) is 66.5. The van der Waals surface area contributed by atoms with E-state index >= 15 is 0 Å². The van der Waals surface area contributed by atoms with Gasteiger partial charge in [-0.2, -0.15) is 0 Å². The maximum atomic E-state index is 14.7. The summed E-state index contributed by atoms with van der Waals surface area (Å²) in [4.78, 5) is 72.8. The number of fused-ring (bicyclic) bond motifs is 8. The first-order valence-electron chi connectivity index (χ1n) is 53.3. The molecule has 0 bridgehead atoms. The second-order valence-corrected chi connectivity index (χ2v) is 52.1. The predicted molar refractivity (Wildman–Crippen MR) is 573 cm³/mol. The lowest BCUT2D eigenvalue weighted by Gasteiger charge is -2.38. The Labute approximate surface area is 854 Å². The fourth-order valence-electron chi connectivity index (χ4n) is 19.9. The number of ether oxygens (including phenoxy) is 7. The van der Waals surface area contributed by atoms with E-state index in [2.05, 4.69) is 20.8 Å². The Balaban J connectivity index is 0.000000268. The molecule has 0 aliphatic carbocycles. The molecule has 6 atom stereocenters. The van der Waals surface area contributed by atoms with E-state index in [1.807, 2.05) is 113 Å². The van der Waals surface area contributed by atoms with Crippen LogP contribution in [0.3, 0.4) is 0 Å². The first-order valence-corrected chi connectivity index (χ1v) is 62.2. The molecule has 5 unspecified atom stereocenters. The average Bonchev–Trinajstić information content (AvgIpc) is 1.29. The predicted octanol–water partition coefficient (Wildman–Crippen LogP) is 31.9. The topological polar surface area (TPSA) is 267 Å². The molecule has 1 N–H and O–H groups in total. The quantitative estimate of drug-likeness (QED) is 0.0211. The summed E-state index contributed by atoms with van der Waals surface area (Å²) in [5.74, 6) is 0.644. The molecule has 11 rings (SSSR count). The molecule has 5 aliphatic rings. The summed E-state index contributed by atoms with van der Waals surface area (Å²) < 4.78 is 98.9. The fraction of sp³-hybridized carbons (Fsp3) is 0.681. The van der Waals surface area contributed by atoms with Crippen LogP contribution in [0, 0.1) is 62.3 Å². The van der Waals surface area contributed by atoms with E-state index in [1.165, 1.54) is 161 Å². The number of benzene rings is 4. The number of cyclic esters (lactones) is 1. The summed E-state index contributed by atoms with van der Waals surface area (Å²) in [6.45, 7) is 37.8. The van der Waals surface area contributed by atoms with Crippen LogP contribution in [0.2, 0.25) is 0 Å². The van der Waals surface area contributed by atoms with Crippen molar-refractivity contribution in [3.05, 3.63) is 130 Å². The number of unbranched alkanes of at least 4 members (excludes halogenated alkanes) is 30. The van der Waals surface area contributed by atoms with E-state index in [4.69, 9.17) is 85.4 Å². The number of phenols is 1. The molecule has 784 valence electrons. The molecule has 0 amide bonds. The number of aromatic hydroxyl groups is 1. The highest BCUT2D eigenvalue weighted by Gasteiger charge is 2.53. The van der Waals surface area contributed by atoms with Gasteiger partial charge in [-0.05, 0) is 288 Å². The van der Waals surface area contributed by atoms with Crippen LogP contribution >= 0.6 is 53.9 Å². The highest BCUT2D eigenvalue weighted by molar-refractivity contribution is 8.08. The summed E-state index contributed by atoms with van der Waals surface area (Å²) >= 11 is 15.6. The molecule has 27 heteroatoms. The van der Waals surface area contributed by atoms with Gasteiger partial charge in [0.2, 0.25) is 11.4 Å². The van der Waals surface area contributed by atoms with Crippen molar-refractivity contribution in [1.29, 1.82) is 0 Å². The smallest absolute Gasteiger partial charge is 0.377 e. The molecule has 2 aromatic heterocycles. The van der Waals surface area contributed by atoms with Crippen LogP contribution < -0.4 is 28.8 Å². The van der Waals surface area contributed by atoms with Crippen LogP contribution in [0.15, 0.2) is 41.2 Å². The van der Waals surface area contributed by atoms with Crippen molar-refractivity contribution in [2.45, 2.75) is 442 Å². The number of pyridine rings is 2. The third kappa shape index (κ3) is 34.8. The first kappa shape index (κ1) is 119. The Morgan fingerprint density at radius 3 is 1.16 bits per heavy atom. The standard InChI is InChI=1S/C51H67N2O9P.C31H52ClO5P.C30H50O4.CH3Cl2OP/c1-8-10-11-12-16-21-28-58-29-22-17-14-13-15-18-25-44(54)50(6)27-26-39-36(5)46(34(3)35(4)47(39)60-50)61-63(7,57)62-51(9-2)41-31-43-45-38(30-37-23-19-20-24-42(37)52-45)32-53(43)48(55)40(41)33-59-49(51)56;1-7-8-9-10-14-17-22-35-23-18-15-12-11-13-16-19-28(33)31(5)21-20-27-26(4)29(37-38(6,32)34)24(2)25(3)30(27)36-31;1-6-7-8-9-13-16-21-33-22-17-14-11-10-12-15-18-27(31)30(5)20-19-26-25(4)28(32)23(2)24(3)29(26)34-30;1-5(2,3)4/h19-20,23-24,30-31H,8-18,21-22,25-29,32-33H2,1-7H3;7-23H2,1-6H3;32H,6-22H2,1-5H3;1H3/t50?,51-,63?;;;/m0.../s1. The normalized spacial score (nSPS) is 18.5. The molecule has 7 heterocycles. The molecule has 0 radical (unpaired) electrons. The van der Waals surface area contributed by atoms with E-state index in [0.29, 0.717) is 97.0 Å². The lowest BCUT2D eigenvalue weighted by molar-refractivity contribution is -0.169. The summed E-state index contributed by atoms with van der Waals surface area (Å²) in [6, 6.07) is 11.6. The zero-order chi connectivity index (χ0) is 103. The van der Waals surface area contributed by atoms with E-state index < -0.39 is 48.5 Å². The number of carbonyl (C=O) groups excluding carboxylic acids is 4. The SMILES string of the molecule is CCCCCCCCOCCCCCCCCC(=O)C1(C)CCc2c(C)c(O)c(C)c(C)c2O1.CCCCCCCCOCCCCCCCCC(=O)C1(C)CCc2c(C)c(OP(C)(=O)Cl)c(C)c(C)c2O1.CCCCCCCCOCCCCCCCCC(=O)C1(C)CCc2c(C)c(OP(C)(=O)O[C@]3(CC)C(=O)OCc4c3cc3n(c4=O)Cc4cc5ccccc5nc4-3)c(C)c(C)c2O1.CP(=O)(Cl)Cl. The van der Waals surface area contributed by atoms with Crippen LogP contribution in [0.5, 0.6) is 34.5 Å². The van der Waals surface area contributed by atoms with Crippen LogP contribution in [0.4, 0.5) is 0 Å². The van der Waals surface area contributed by atoms with Crippen LogP contribution in [-0.2, 0) is 94.4 Å². The van der Waals surface area contributed by atoms with E-state index in [9.17, 15) is 42.8 Å². The largest absolute Gasteiger partial charge is 0.507 e. The zero-order valence-corrected chi connectivity index (χ0v) is 93.8. The van der Waals surface area contributed by atoms with Gasteiger partial charge in [0.1, 0.15) is 41.1 Å². The third-order valence-electron chi connectivity index (χ3n) is 29.2. The zero-order valence-electron chi connectivity index (χ0n) is 88.8. The number of nitrogens with zero attached hydrogens (tertiary/aromatic N) is 2. The lowest BCUT2D eigenvalue weighted by Crippen LogP contribution is -2.46. The number of Topliss-reactive ketones (excluding diaryl/α,β-unsaturated/α-hetero) is 3. The molecule has 0 saturated heterocycles. The second-order valence-electron chi connectivity index (χ2n) is 40.9. The molecule has 140 heavy (non-hydrogen) atoms. The minimum absolute atomic E-state index is 0.0391. The van der Waals surface area contributed by atoms with Crippen LogP contribution in [0.1, 0.15) is 408 Å². The second kappa shape index (κ2) is 57.9. The number of carbonyl (C=O) groups is 4. The third-order valence-corrected chi connectivity index (χ3v) is 31.1. The summed E-state index contributed by atoms with van der Waals surface area (Å²) in [6.07, 6.45) is 48.8. The molecule has 5 aliphatic heterocycles. The lowest BCUT2D eigenvalue weighted by atomic mass is 9.84. The highest BCUT2D eigenvalue weighted by Crippen LogP contribution is 2.58. The van der Waals surface area contributed by atoms with Gasteiger partial charge in [-0.25, -0.2) is 14.3 Å². The number of hydrogen-bond acceptors (Lipinski definition) is 20. The van der Waals surface area contributed by atoms with Crippen molar-refractivity contribution in [3.63, 3.8) is 0 Å². The minimum Gasteiger partial charge on any atom is -0.507 e. The van der Waals surface area contributed by atoms with Crippen molar-refractivity contribution in [1.82, 2.24) is 9.55 Å². The number of para-hydroxylation sites is 1. The summed E-state index contributed by atoms with van der Waals surface area (Å²) in [5, 5.41) is 11.3. The number of esters is 1. The van der Waals surface area contributed by atoms with Crippen LogP contribution in [0.25, 0.3) is 22.3 Å². The van der Waals surface area contributed by atoms with E-state index in [1.54, 1.807) is 17.6 Å². The maximum absolute atomic E-state index is 14.7. The average molecular weight is 2060 g/mol. The van der Waals surface area contributed by atoms with E-state index in [0.717, 1.165) is 232 Å². The molecular weight excluding hydrogens is 1890 g/mol. The van der Waals surface area contributed by atoms with Gasteiger partial charge in [-0.1, -0.05) is 219 Å². The molecule has 6 aromatic rings.